The Labute approximate surface area is 143 Å². The van der Waals surface area contributed by atoms with E-state index in [0.29, 0.717) is 29.8 Å². The number of aromatic amines is 1. The number of ether oxygens (including phenoxy) is 1. The molecule has 3 N–H and O–H groups in total. The van der Waals surface area contributed by atoms with Gasteiger partial charge in [-0.05, 0) is 30.5 Å². The van der Waals surface area contributed by atoms with E-state index in [1.54, 1.807) is 0 Å². The van der Waals surface area contributed by atoms with Crippen LogP contribution >= 0.6 is 0 Å². The number of hydrogen-bond acceptors (Lipinski definition) is 5. The van der Waals surface area contributed by atoms with Crippen molar-refractivity contribution in [3.63, 3.8) is 0 Å². The Morgan fingerprint density at radius 3 is 2.56 bits per heavy atom. The Kier molecular flexibility index (Phi) is 5.53. The van der Waals surface area contributed by atoms with E-state index in [1.165, 1.54) is 25.3 Å². The van der Waals surface area contributed by atoms with Crippen LogP contribution < -0.4 is 15.6 Å². The van der Waals surface area contributed by atoms with Crippen LogP contribution in [0.15, 0.2) is 23.0 Å². The molecule has 1 amide bonds. The highest BCUT2D eigenvalue weighted by atomic mass is 16.5. The first-order chi connectivity index (χ1) is 11.9. The molecule has 8 nitrogen and oxygen atoms in total. The van der Waals surface area contributed by atoms with Crippen molar-refractivity contribution < 1.29 is 19.4 Å². The quantitative estimate of drug-likeness (QED) is 0.734. The van der Waals surface area contributed by atoms with Crippen molar-refractivity contribution in [1.82, 2.24) is 10.2 Å². The molecule has 0 saturated heterocycles. The van der Waals surface area contributed by atoms with Crippen LogP contribution in [0.1, 0.15) is 45.8 Å². The van der Waals surface area contributed by atoms with Gasteiger partial charge in [0.1, 0.15) is 16.9 Å². The lowest BCUT2D eigenvalue weighted by Gasteiger charge is -2.12. The molecule has 1 heterocycles. The Balaban J connectivity index is 2.41. The molecule has 0 unspecified atom stereocenters. The summed E-state index contributed by atoms with van der Waals surface area (Å²) in [6.07, 6.45) is 1.07. The van der Waals surface area contributed by atoms with Gasteiger partial charge in [-0.3, -0.25) is 9.59 Å². The highest BCUT2D eigenvalue weighted by Crippen LogP contribution is 2.24. The molecule has 0 spiro atoms. The Bertz CT molecular complexity index is 873. The van der Waals surface area contributed by atoms with E-state index < -0.39 is 17.4 Å². The third kappa shape index (κ3) is 3.68. The lowest BCUT2D eigenvalue weighted by atomic mass is 10.0. The van der Waals surface area contributed by atoms with Crippen molar-refractivity contribution in [1.29, 1.82) is 0 Å². The number of hydrogen-bond donors (Lipinski definition) is 3. The highest BCUT2D eigenvalue weighted by molar-refractivity contribution is 6.05. The summed E-state index contributed by atoms with van der Waals surface area (Å²) in [5.41, 5.74) is 0.994. The van der Waals surface area contributed by atoms with Crippen LogP contribution in [0.4, 0.5) is 5.69 Å². The second kappa shape index (κ2) is 7.61. The zero-order valence-electron chi connectivity index (χ0n) is 14.2. The van der Waals surface area contributed by atoms with Crippen LogP contribution in [0.3, 0.4) is 0 Å². The number of carboxylic acid groups (broad SMARTS) is 1. The van der Waals surface area contributed by atoms with Crippen molar-refractivity contribution in [2.24, 2.45) is 0 Å². The van der Waals surface area contributed by atoms with Crippen molar-refractivity contribution >= 4 is 17.6 Å². The van der Waals surface area contributed by atoms with Gasteiger partial charge >= 0.3 is 5.97 Å². The summed E-state index contributed by atoms with van der Waals surface area (Å²) in [4.78, 5) is 35.8. The molecule has 8 heteroatoms. The summed E-state index contributed by atoms with van der Waals surface area (Å²) in [6, 6.07) is 4.15. The number of aryl methyl sites for hydroxylation is 1. The number of nitrogens with zero attached hydrogens (tertiary/aromatic N) is 1. The lowest BCUT2D eigenvalue weighted by molar-refractivity contribution is 0.0693. The van der Waals surface area contributed by atoms with Gasteiger partial charge in [0.15, 0.2) is 0 Å². The molecular weight excluding hydrogens is 326 g/mol. The standard InChI is InChI=1S/C17H19N3O5/c1-4-10-12(5-2)19-20-16(22)14(10)15(21)18-9-6-7-11(17(23)24)13(8-9)25-3/h6-8H,4-5H2,1-3H3,(H,18,21)(H,20,22)(H,23,24). The number of carbonyl (C=O) groups is 2. The number of H-pyrrole nitrogens is 1. The minimum atomic E-state index is -1.14. The Morgan fingerprint density at radius 2 is 2.00 bits per heavy atom. The first-order valence-electron chi connectivity index (χ1n) is 7.75. The van der Waals surface area contributed by atoms with E-state index in [1.807, 2.05) is 13.8 Å². The van der Waals surface area contributed by atoms with Gasteiger partial charge < -0.3 is 15.2 Å². The smallest absolute Gasteiger partial charge is 0.339 e. The van der Waals surface area contributed by atoms with Crippen molar-refractivity contribution in [3.8, 4) is 5.75 Å². The lowest BCUT2D eigenvalue weighted by Crippen LogP contribution is -2.28. The minimum Gasteiger partial charge on any atom is -0.496 e. The fourth-order valence-electron chi connectivity index (χ4n) is 2.58. The number of methoxy groups -OCH3 is 1. The molecule has 1 aromatic heterocycles. The summed E-state index contributed by atoms with van der Waals surface area (Å²) in [6.45, 7) is 3.73. The maximum absolute atomic E-state index is 12.6. The van der Waals surface area contributed by atoms with E-state index in [2.05, 4.69) is 15.5 Å². The van der Waals surface area contributed by atoms with Crippen molar-refractivity contribution in [2.75, 3.05) is 12.4 Å². The van der Waals surface area contributed by atoms with E-state index in [0.717, 1.165) is 0 Å². The number of anilines is 1. The van der Waals surface area contributed by atoms with Gasteiger partial charge in [0.05, 0.1) is 12.8 Å². The summed E-state index contributed by atoms with van der Waals surface area (Å²) >= 11 is 0. The van der Waals surface area contributed by atoms with Crippen LogP contribution in [0, 0.1) is 0 Å². The van der Waals surface area contributed by atoms with E-state index in [4.69, 9.17) is 9.84 Å². The van der Waals surface area contributed by atoms with E-state index in [-0.39, 0.29) is 16.9 Å². The predicted molar refractivity (Wildman–Crippen MR) is 91.5 cm³/mol. The molecule has 0 aliphatic carbocycles. The van der Waals surface area contributed by atoms with Crippen LogP contribution in [-0.2, 0) is 12.8 Å². The predicted octanol–water partition coefficient (Wildman–Crippen LogP) is 1.85. The van der Waals surface area contributed by atoms with Gasteiger partial charge in [0.25, 0.3) is 11.5 Å². The maximum Gasteiger partial charge on any atom is 0.339 e. The molecule has 1 aromatic carbocycles. The second-order valence-corrected chi connectivity index (χ2v) is 5.23. The highest BCUT2D eigenvalue weighted by Gasteiger charge is 2.20. The third-order valence-electron chi connectivity index (χ3n) is 3.77. The first kappa shape index (κ1) is 18.2. The average molecular weight is 345 g/mol. The number of rotatable bonds is 6. The molecule has 0 atom stereocenters. The normalized spacial score (nSPS) is 10.4. The van der Waals surface area contributed by atoms with Crippen molar-refractivity contribution in [3.05, 3.63) is 50.9 Å². The summed E-state index contributed by atoms with van der Waals surface area (Å²) in [7, 11) is 1.34. The summed E-state index contributed by atoms with van der Waals surface area (Å²) < 4.78 is 5.03. The van der Waals surface area contributed by atoms with Gasteiger partial charge in [-0.15, -0.1) is 0 Å². The zero-order chi connectivity index (χ0) is 18.6. The molecule has 0 radical (unpaired) electrons. The molecule has 2 aromatic rings. The molecule has 2 rings (SSSR count). The molecular formula is C17H19N3O5. The molecule has 0 aliphatic heterocycles. The number of benzene rings is 1. The second-order valence-electron chi connectivity index (χ2n) is 5.23. The fraction of sp³-hybridized carbons (Fsp3) is 0.294. The van der Waals surface area contributed by atoms with Crippen LogP contribution in [0.2, 0.25) is 0 Å². The Hall–Kier alpha value is -3.16. The Morgan fingerprint density at radius 1 is 1.28 bits per heavy atom. The molecule has 0 bridgehead atoms. The average Bonchev–Trinajstić information content (AvgIpc) is 2.60. The minimum absolute atomic E-state index is 0.00984. The number of carbonyl (C=O) groups excluding carboxylic acids is 1. The molecule has 0 saturated carbocycles. The zero-order valence-corrected chi connectivity index (χ0v) is 14.2. The van der Waals surface area contributed by atoms with Gasteiger partial charge in [0, 0.05) is 11.8 Å². The summed E-state index contributed by atoms with van der Waals surface area (Å²) in [5.74, 6) is -1.61. The number of carboxylic acids is 1. The van der Waals surface area contributed by atoms with Crippen LogP contribution in [0.25, 0.3) is 0 Å². The van der Waals surface area contributed by atoms with Crippen LogP contribution in [-0.4, -0.2) is 34.3 Å². The number of nitrogens with one attached hydrogen (secondary N) is 2. The number of aromatic carboxylic acids is 1. The van der Waals surface area contributed by atoms with E-state index >= 15 is 0 Å². The van der Waals surface area contributed by atoms with Gasteiger partial charge in [-0.2, -0.15) is 5.10 Å². The first-order valence-corrected chi connectivity index (χ1v) is 7.75. The SMILES string of the molecule is CCc1n[nH]c(=O)c(C(=O)Nc2ccc(C(=O)O)c(OC)c2)c1CC. The monoisotopic (exact) mass is 345 g/mol. The van der Waals surface area contributed by atoms with Crippen LogP contribution in [0.5, 0.6) is 5.75 Å². The third-order valence-corrected chi connectivity index (χ3v) is 3.77. The topological polar surface area (TPSA) is 121 Å². The fourth-order valence-corrected chi connectivity index (χ4v) is 2.58. The molecule has 132 valence electrons. The van der Waals surface area contributed by atoms with Gasteiger partial charge in [-0.1, -0.05) is 13.8 Å². The number of aromatic nitrogens is 2. The van der Waals surface area contributed by atoms with Gasteiger partial charge in [0.2, 0.25) is 0 Å². The molecule has 25 heavy (non-hydrogen) atoms. The van der Waals surface area contributed by atoms with Crippen molar-refractivity contribution in [2.45, 2.75) is 26.7 Å². The maximum atomic E-state index is 12.6. The summed E-state index contributed by atoms with van der Waals surface area (Å²) in [5, 5.41) is 18.0. The molecule has 0 fully saturated rings. The van der Waals surface area contributed by atoms with Gasteiger partial charge in [-0.25, -0.2) is 9.89 Å². The number of amides is 1. The van der Waals surface area contributed by atoms with E-state index in [9.17, 15) is 14.4 Å². The molecule has 0 aliphatic rings. The largest absolute Gasteiger partial charge is 0.496 e.